The highest BCUT2D eigenvalue weighted by Gasteiger charge is 2.22. The Bertz CT molecular complexity index is 364. The van der Waals surface area contributed by atoms with Crippen molar-refractivity contribution in [3.8, 4) is 0 Å². The van der Waals surface area contributed by atoms with Crippen molar-refractivity contribution in [2.45, 2.75) is 44.8 Å². The molecule has 1 saturated carbocycles. The first-order chi connectivity index (χ1) is 8.65. The fraction of sp³-hybridized carbons (Fsp3) is 0.786. The fourth-order valence-electron chi connectivity index (χ4n) is 2.91. The number of rotatable bonds is 4. The molecule has 102 valence electrons. The van der Waals surface area contributed by atoms with E-state index in [9.17, 15) is 5.11 Å². The Balaban J connectivity index is 1.84. The molecule has 1 aliphatic rings. The Kier molecular flexibility index (Phi) is 4.78. The van der Waals surface area contributed by atoms with Gasteiger partial charge in [0, 0.05) is 31.9 Å². The van der Waals surface area contributed by atoms with Crippen LogP contribution in [0.5, 0.6) is 0 Å². The number of aliphatic hydroxyl groups is 1. The van der Waals surface area contributed by atoms with Crippen LogP contribution in [-0.4, -0.2) is 39.5 Å². The molecule has 1 aliphatic carbocycles. The Morgan fingerprint density at radius 3 is 2.89 bits per heavy atom. The Hall–Kier alpha value is -0.870. The maximum atomic E-state index is 10.1. The molecule has 1 aromatic heterocycles. The summed E-state index contributed by atoms with van der Waals surface area (Å²) in [4.78, 5) is 2.30. The fourth-order valence-corrected chi connectivity index (χ4v) is 2.91. The van der Waals surface area contributed by atoms with Crippen LogP contribution >= 0.6 is 0 Å². The molecule has 0 bridgehead atoms. The van der Waals surface area contributed by atoms with E-state index in [-0.39, 0.29) is 6.10 Å². The molecule has 1 N–H and O–H groups in total. The van der Waals surface area contributed by atoms with Crippen molar-refractivity contribution in [2.75, 3.05) is 13.6 Å². The highest BCUT2D eigenvalue weighted by atomic mass is 16.3. The Labute approximate surface area is 110 Å². The van der Waals surface area contributed by atoms with E-state index in [1.54, 1.807) is 0 Å². The minimum absolute atomic E-state index is 0.108. The lowest BCUT2D eigenvalue weighted by atomic mass is 9.97. The van der Waals surface area contributed by atoms with Gasteiger partial charge in [-0.15, -0.1) is 0 Å². The van der Waals surface area contributed by atoms with E-state index in [0.717, 1.165) is 19.5 Å². The molecule has 1 fully saturated rings. The van der Waals surface area contributed by atoms with Gasteiger partial charge in [-0.25, -0.2) is 0 Å². The van der Waals surface area contributed by atoms with E-state index in [0.29, 0.717) is 5.92 Å². The standard InChI is InChI=1S/C14H25N3O/c1-16(9-12-8-15-17(2)10-12)11-13-6-4-3-5-7-14(13)18/h8,10,13-14,18H,3-7,9,11H2,1-2H3. The highest BCUT2D eigenvalue weighted by Crippen LogP contribution is 2.24. The normalized spacial score (nSPS) is 25.3. The molecule has 4 nitrogen and oxygen atoms in total. The quantitative estimate of drug-likeness (QED) is 0.830. The average Bonchev–Trinajstić information content (AvgIpc) is 2.61. The van der Waals surface area contributed by atoms with Crippen LogP contribution in [0.3, 0.4) is 0 Å². The zero-order valence-corrected chi connectivity index (χ0v) is 11.5. The number of aryl methyl sites for hydroxylation is 1. The van der Waals surface area contributed by atoms with Crippen molar-refractivity contribution in [2.24, 2.45) is 13.0 Å². The van der Waals surface area contributed by atoms with Crippen LogP contribution in [-0.2, 0) is 13.6 Å². The average molecular weight is 251 g/mol. The summed E-state index contributed by atoms with van der Waals surface area (Å²) in [6.45, 7) is 1.90. The summed E-state index contributed by atoms with van der Waals surface area (Å²) < 4.78 is 1.84. The molecular weight excluding hydrogens is 226 g/mol. The molecule has 1 heterocycles. The maximum absolute atomic E-state index is 10.1. The van der Waals surface area contributed by atoms with Gasteiger partial charge in [0.25, 0.3) is 0 Å². The van der Waals surface area contributed by atoms with Crippen molar-refractivity contribution in [3.05, 3.63) is 18.0 Å². The predicted molar refractivity (Wildman–Crippen MR) is 72.1 cm³/mol. The number of hydrogen-bond acceptors (Lipinski definition) is 3. The molecule has 0 spiro atoms. The summed E-state index contributed by atoms with van der Waals surface area (Å²) in [6, 6.07) is 0. The largest absolute Gasteiger partial charge is 0.393 e. The first-order valence-electron chi connectivity index (χ1n) is 6.99. The van der Waals surface area contributed by atoms with E-state index in [4.69, 9.17) is 0 Å². The molecule has 1 aromatic rings. The first-order valence-corrected chi connectivity index (χ1v) is 6.99. The van der Waals surface area contributed by atoms with Crippen molar-refractivity contribution < 1.29 is 5.11 Å². The van der Waals surface area contributed by atoms with Crippen LogP contribution in [0.25, 0.3) is 0 Å². The van der Waals surface area contributed by atoms with Gasteiger partial charge in [0.1, 0.15) is 0 Å². The summed E-state index contributed by atoms with van der Waals surface area (Å²) in [5, 5.41) is 14.3. The third-order valence-corrected chi connectivity index (χ3v) is 3.88. The lowest BCUT2D eigenvalue weighted by Crippen LogP contribution is -2.32. The topological polar surface area (TPSA) is 41.3 Å². The van der Waals surface area contributed by atoms with Gasteiger partial charge in [-0.2, -0.15) is 5.10 Å². The van der Waals surface area contributed by atoms with Crippen LogP contribution in [0.2, 0.25) is 0 Å². The van der Waals surface area contributed by atoms with Gasteiger partial charge in [0.05, 0.1) is 12.3 Å². The molecule has 0 aromatic carbocycles. The lowest BCUT2D eigenvalue weighted by Gasteiger charge is -2.26. The van der Waals surface area contributed by atoms with E-state index >= 15 is 0 Å². The van der Waals surface area contributed by atoms with Gasteiger partial charge in [-0.05, 0) is 25.8 Å². The number of aromatic nitrogens is 2. The number of aliphatic hydroxyl groups excluding tert-OH is 1. The van der Waals surface area contributed by atoms with E-state index in [1.165, 1.54) is 31.2 Å². The minimum Gasteiger partial charge on any atom is -0.393 e. The highest BCUT2D eigenvalue weighted by molar-refractivity contribution is 5.03. The molecule has 0 saturated heterocycles. The van der Waals surface area contributed by atoms with Gasteiger partial charge in [-0.3, -0.25) is 4.68 Å². The molecule has 0 aliphatic heterocycles. The molecular formula is C14H25N3O. The maximum Gasteiger partial charge on any atom is 0.0580 e. The monoisotopic (exact) mass is 251 g/mol. The second-order valence-corrected chi connectivity index (χ2v) is 5.68. The van der Waals surface area contributed by atoms with E-state index < -0.39 is 0 Å². The van der Waals surface area contributed by atoms with Crippen LogP contribution in [0.1, 0.15) is 37.7 Å². The summed E-state index contributed by atoms with van der Waals surface area (Å²) >= 11 is 0. The zero-order valence-electron chi connectivity index (χ0n) is 11.5. The second-order valence-electron chi connectivity index (χ2n) is 5.68. The van der Waals surface area contributed by atoms with Crippen molar-refractivity contribution in [1.29, 1.82) is 0 Å². The summed E-state index contributed by atoms with van der Waals surface area (Å²) in [5.41, 5.74) is 1.24. The van der Waals surface area contributed by atoms with E-state index in [2.05, 4.69) is 23.2 Å². The van der Waals surface area contributed by atoms with Gasteiger partial charge in [-0.1, -0.05) is 19.3 Å². The molecule has 2 atom stereocenters. The van der Waals surface area contributed by atoms with Crippen LogP contribution in [0.4, 0.5) is 0 Å². The van der Waals surface area contributed by atoms with Crippen molar-refractivity contribution in [3.63, 3.8) is 0 Å². The van der Waals surface area contributed by atoms with Crippen LogP contribution in [0, 0.1) is 5.92 Å². The van der Waals surface area contributed by atoms with Gasteiger partial charge in [0.15, 0.2) is 0 Å². The molecule has 2 unspecified atom stereocenters. The third kappa shape index (κ3) is 3.82. The van der Waals surface area contributed by atoms with E-state index in [1.807, 2.05) is 17.9 Å². The lowest BCUT2D eigenvalue weighted by molar-refractivity contribution is 0.0780. The number of hydrogen-bond donors (Lipinski definition) is 1. The summed E-state index contributed by atoms with van der Waals surface area (Å²) in [7, 11) is 4.07. The molecule has 2 rings (SSSR count). The van der Waals surface area contributed by atoms with Crippen molar-refractivity contribution >= 4 is 0 Å². The zero-order chi connectivity index (χ0) is 13.0. The van der Waals surface area contributed by atoms with Crippen LogP contribution in [0.15, 0.2) is 12.4 Å². The predicted octanol–water partition coefficient (Wildman–Crippen LogP) is 1.79. The van der Waals surface area contributed by atoms with Gasteiger partial charge < -0.3 is 10.0 Å². The smallest absolute Gasteiger partial charge is 0.0580 e. The SMILES string of the molecule is CN(Cc1cnn(C)c1)CC1CCCCCC1O. The minimum atomic E-state index is -0.108. The third-order valence-electron chi connectivity index (χ3n) is 3.88. The first kappa shape index (κ1) is 13.6. The Morgan fingerprint density at radius 1 is 1.39 bits per heavy atom. The van der Waals surface area contributed by atoms with Gasteiger partial charge in [0.2, 0.25) is 0 Å². The van der Waals surface area contributed by atoms with Crippen LogP contribution < -0.4 is 0 Å². The molecule has 0 radical (unpaired) electrons. The number of nitrogens with zero attached hydrogens (tertiary/aromatic N) is 3. The Morgan fingerprint density at radius 2 is 2.17 bits per heavy atom. The second kappa shape index (κ2) is 6.34. The molecule has 0 amide bonds. The summed E-state index contributed by atoms with van der Waals surface area (Å²) in [6.07, 6.45) is 9.74. The molecule has 4 heteroatoms. The van der Waals surface area contributed by atoms with Crippen molar-refractivity contribution in [1.82, 2.24) is 14.7 Å². The molecule has 18 heavy (non-hydrogen) atoms. The summed E-state index contributed by atoms with van der Waals surface area (Å²) in [5.74, 6) is 0.439. The van der Waals surface area contributed by atoms with Gasteiger partial charge >= 0.3 is 0 Å².